The van der Waals surface area contributed by atoms with E-state index in [-0.39, 0.29) is 36.1 Å². The van der Waals surface area contributed by atoms with Crippen LogP contribution in [0.2, 0.25) is 5.02 Å². The number of benzene rings is 2. The first-order valence-corrected chi connectivity index (χ1v) is 11.0. The van der Waals surface area contributed by atoms with Crippen molar-refractivity contribution >= 4 is 39.1 Å². The van der Waals surface area contributed by atoms with Gasteiger partial charge in [0.1, 0.15) is 5.75 Å². The van der Waals surface area contributed by atoms with E-state index in [4.69, 9.17) is 16.3 Å². The van der Waals surface area contributed by atoms with Crippen LogP contribution in [0.15, 0.2) is 47.4 Å². The molecule has 0 aliphatic rings. The van der Waals surface area contributed by atoms with E-state index in [2.05, 4.69) is 10.6 Å². The monoisotopic (exact) mass is 453 g/mol. The highest BCUT2D eigenvalue weighted by molar-refractivity contribution is 7.89. The molecule has 0 aromatic heterocycles. The zero-order chi connectivity index (χ0) is 22.3. The predicted octanol–water partition coefficient (Wildman–Crippen LogP) is 2.63. The highest BCUT2D eigenvalue weighted by atomic mass is 35.5. The number of ether oxygens (including phenoxy) is 1. The topological polar surface area (TPSA) is 105 Å². The molecular formula is C20H24ClN3O5S. The third-order valence-corrected chi connectivity index (χ3v) is 6.36. The number of halogens is 1. The van der Waals surface area contributed by atoms with Crippen LogP contribution in [0.5, 0.6) is 5.75 Å². The van der Waals surface area contributed by atoms with Gasteiger partial charge in [0, 0.05) is 25.0 Å². The van der Waals surface area contributed by atoms with Gasteiger partial charge >= 0.3 is 0 Å². The number of carbonyl (C=O) groups is 2. The van der Waals surface area contributed by atoms with Crippen LogP contribution in [0.3, 0.4) is 0 Å². The van der Waals surface area contributed by atoms with E-state index in [0.29, 0.717) is 10.8 Å². The van der Waals surface area contributed by atoms with Crippen molar-refractivity contribution in [1.29, 1.82) is 0 Å². The van der Waals surface area contributed by atoms with Crippen molar-refractivity contribution in [3.63, 3.8) is 0 Å². The summed E-state index contributed by atoms with van der Waals surface area (Å²) in [5.41, 5.74) is 1.07. The standard InChI is InChI=1S/C20H24ClN3O5S/c1-4-24(13-20(26)22-12-15-5-7-16(21)8-6-15)30(27,28)17-9-10-19(29-3)18(11-17)23-14(2)25/h5-11H,4,12-13H2,1-3H3,(H,22,26)(H,23,25). The Labute approximate surface area is 181 Å². The largest absolute Gasteiger partial charge is 0.495 e. The molecule has 0 saturated carbocycles. The molecule has 0 spiro atoms. The molecule has 2 aromatic rings. The molecule has 0 radical (unpaired) electrons. The zero-order valence-electron chi connectivity index (χ0n) is 16.9. The summed E-state index contributed by atoms with van der Waals surface area (Å²) in [6.45, 7) is 2.96. The Morgan fingerprint density at radius 2 is 1.80 bits per heavy atom. The molecule has 0 heterocycles. The van der Waals surface area contributed by atoms with E-state index in [9.17, 15) is 18.0 Å². The number of likely N-dealkylation sites (N-methyl/N-ethyl adjacent to an activating group) is 1. The van der Waals surface area contributed by atoms with Gasteiger partial charge in [-0.2, -0.15) is 4.31 Å². The Morgan fingerprint density at radius 3 is 2.37 bits per heavy atom. The van der Waals surface area contributed by atoms with Crippen molar-refractivity contribution in [3.05, 3.63) is 53.1 Å². The SMILES string of the molecule is CCN(CC(=O)NCc1ccc(Cl)cc1)S(=O)(=O)c1ccc(OC)c(NC(C)=O)c1. The minimum Gasteiger partial charge on any atom is -0.495 e. The van der Waals surface area contributed by atoms with Crippen LogP contribution in [0.1, 0.15) is 19.4 Å². The molecule has 162 valence electrons. The molecule has 0 unspecified atom stereocenters. The highest BCUT2D eigenvalue weighted by Gasteiger charge is 2.26. The summed E-state index contributed by atoms with van der Waals surface area (Å²) in [7, 11) is -2.55. The summed E-state index contributed by atoms with van der Waals surface area (Å²) in [6.07, 6.45) is 0. The number of amides is 2. The number of carbonyl (C=O) groups excluding carboxylic acids is 2. The normalized spacial score (nSPS) is 11.2. The quantitative estimate of drug-likeness (QED) is 0.607. The molecule has 0 fully saturated rings. The zero-order valence-corrected chi connectivity index (χ0v) is 18.5. The molecule has 0 bridgehead atoms. The lowest BCUT2D eigenvalue weighted by atomic mass is 10.2. The third-order valence-electron chi connectivity index (χ3n) is 4.20. The molecule has 2 amide bonds. The van der Waals surface area contributed by atoms with Crippen molar-refractivity contribution in [1.82, 2.24) is 9.62 Å². The van der Waals surface area contributed by atoms with Crippen LogP contribution in [-0.2, 0) is 26.2 Å². The molecule has 0 aliphatic carbocycles. The lowest BCUT2D eigenvalue weighted by Gasteiger charge is -2.21. The Morgan fingerprint density at radius 1 is 1.13 bits per heavy atom. The Balaban J connectivity index is 2.14. The van der Waals surface area contributed by atoms with Crippen molar-refractivity contribution < 1.29 is 22.7 Å². The summed E-state index contributed by atoms with van der Waals surface area (Å²) in [5.74, 6) is -0.476. The first-order chi connectivity index (χ1) is 14.2. The lowest BCUT2D eigenvalue weighted by molar-refractivity contribution is -0.121. The van der Waals surface area contributed by atoms with Crippen LogP contribution in [-0.4, -0.2) is 44.7 Å². The second-order valence-corrected chi connectivity index (χ2v) is 8.75. The molecule has 0 saturated heterocycles. The van der Waals surface area contributed by atoms with Gasteiger partial charge in [-0.05, 0) is 35.9 Å². The molecular weight excluding hydrogens is 430 g/mol. The Bertz CT molecular complexity index is 1010. The Kier molecular flexibility index (Phi) is 8.22. The van der Waals surface area contributed by atoms with Gasteiger partial charge in [-0.15, -0.1) is 0 Å². The number of hydrogen-bond acceptors (Lipinski definition) is 5. The van der Waals surface area contributed by atoms with Crippen molar-refractivity contribution in [2.24, 2.45) is 0 Å². The fourth-order valence-corrected chi connectivity index (χ4v) is 4.23. The van der Waals surface area contributed by atoms with Crippen molar-refractivity contribution in [3.8, 4) is 5.75 Å². The van der Waals surface area contributed by atoms with Crippen LogP contribution in [0.4, 0.5) is 5.69 Å². The number of nitrogens with zero attached hydrogens (tertiary/aromatic N) is 1. The fraction of sp³-hybridized carbons (Fsp3) is 0.300. The molecule has 10 heteroatoms. The van der Waals surface area contributed by atoms with Crippen molar-refractivity contribution in [2.45, 2.75) is 25.3 Å². The Hall–Kier alpha value is -2.62. The predicted molar refractivity (Wildman–Crippen MR) is 115 cm³/mol. The van der Waals surface area contributed by atoms with Crippen LogP contribution in [0.25, 0.3) is 0 Å². The van der Waals surface area contributed by atoms with Gasteiger partial charge in [0.15, 0.2) is 0 Å². The van der Waals surface area contributed by atoms with E-state index in [0.717, 1.165) is 9.87 Å². The average Bonchev–Trinajstić information content (AvgIpc) is 2.71. The number of anilines is 1. The summed E-state index contributed by atoms with van der Waals surface area (Å²) >= 11 is 5.84. The van der Waals surface area contributed by atoms with Gasteiger partial charge in [-0.3, -0.25) is 9.59 Å². The van der Waals surface area contributed by atoms with Gasteiger partial charge in [0.05, 0.1) is 24.2 Å². The third kappa shape index (κ3) is 6.19. The second kappa shape index (κ2) is 10.4. The molecule has 30 heavy (non-hydrogen) atoms. The van der Waals surface area contributed by atoms with Crippen LogP contribution >= 0.6 is 11.6 Å². The number of sulfonamides is 1. The maximum Gasteiger partial charge on any atom is 0.243 e. The molecule has 2 aromatic carbocycles. The van der Waals surface area contributed by atoms with E-state index in [1.165, 1.54) is 32.2 Å². The highest BCUT2D eigenvalue weighted by Crippen LogP contribution is 2.29. The number of methoxy groups -OCH3 is 1. The maximum atomic E-state index is 13.0. The average molecular weight is 454 g/mol. The summed E-state index contributed by atoms with van der Waals surface area (Å²) in [4.78, 5) is 23.7. The van der Waals surface area contributed by atoms with Crippen LogP contribution in [0, 0.1) is 0 Å². The van der Waals surface area contributed by atoms with E-state index < -0.39 is 15.9 Å². The maximum absolute atomic E-state index is 13.0. The number of rotatable bonds is 9. The van der Waals surface area contributed by atoms with Gasteiger partial charge in [-0.1, -0.05) is 30.7 Å². The van der Waals surface area contributed by atoms with E-state index >= 15 is 0 Å². The first-order valence-electron chi connectivity index (χ1n) is 9.14. The van der Waals surface area contributed by atoms with Gasteiger partial charge in [-0.25, -0.2) is 8.42 Å². The van der Waals surface area contributed by atoms with Gasteiger partial charge in [0.2, 0.25) is 21.8 Å². The summed E-state index contributed by atoms with van der Waals surface area (Å²) in [6, 6.07) is 11.1. The van der Waals surface area contributed by atoms with Gasteiger partial charge in [0.25, 0.3) is 0 Å². The second-order valence-electron chi connectivity index (χ2n) is 6.38. The first kappa shape index (κ1) is 23.7. The molecule has 0 aliphatic heterocycles. The molecule has 0 atom stereocenters. The summed E-state index contributed by atoms with van der Waals surface area (Å²) < 4.78 is 32.3. The summed E-state index contributed by atoms with van der Waals surface area (Å²) in [5, 5.41) is 5.83. The number of hydrogen-bond donors (Lipinski definition) is 2. The minimum absolute atomic E-state index is 0.0561. The minimum atomic E-state index is -3.97. The van der Waals surface area contributed by atoms with Crippen LogP contribution < -0.4 is 15.4 Å². The molecule has 2 N–H and O–H groups in total. The van der Waals surface area contributed by atoms with E-state index in [1.807, 2.05) is 0 Å². The molecule has 8 nitrogen and oxygen atoms in total. The fourth-order valence-electron chi connectivity index (χ4n) is 2.67. The smallest absolute Gasteiger partial charge is 0.243 e. The molecule has 2 rings (SSSR count). The van der Waals surface area contributed by atoms with E-state index in [1.54, 1.807) is 31.2 Å². The van der Waals surface area contributed by atoms with Crippen molar-refractivity contribution in [2.75, 3.05) is 25.5 Å². The lowest BCUT2D eigenvalue weighted by Crippen LogP contribution is -2.40. The number of nitrogens with one attached hydrogen (secondary N) is 2. The van der Waals surface area contributed by atoms with Gasteiger partial charge < -0.3 is 15.4 Å².